The molecule has 0 saturated carbocycles. The molecule has 2 nitrogen and oxygen atoms in total. The van der Waals surface area contributed by atoms with Crippen LogP contribution < -0.4 is 0 Å². The maximum absolute atomic E-state index is 9.42. The summed E-state index contributed by atoms with van der Waals surface area (Å²) in [4.78, 5) is 6.36. The molecule has 4 rings (SSSR count). The maximum Gasteiger partial charge on any atom is 0.101 e. The lowest BCUT2D eigenvalue weighted by atomic mass is 10.2. The Morgan fingerprint density at radius 3 is 1.43 bits per heavy atom. The van der Waals surface area contributed by atoms with Gasteiger partial charge in [-0.25, -0.2) is 0 Å². The second-order valence-electron chi connectivity index (χ2n) is 6.11. The smallest absolute Gasteiger partial charge is 0.101 e. The highest BCUT2D eigenvalue weighted by Crippen LogP contribution is 2.29. The van der Waals surface area contributed by atoms with Crippen molar-refractivity contribution in [3.8, 4) is 12.1 Å². The predicted octanol–water partition coefficient (Wildman–Crippen LogP) is 8.23. The molecular weight excluding hydrogens is 445 g/mol. The molecule has 4 aromatic rings. The van der Waals surface area contributed by atoms with Crippen LogP contribution in [0.2, 0.25) is 0 Å². The summed E-state index contributed by atoms with van der Waals surface area (Å²) < 4.78 is 0. The molecule has 30 heavy (non-hydrogen) atoms. The zero-order valence-electron chi connectivity index (χ0n) is 15.6. The van der Waals surface area contributed by atoms with Crippen molar-refractivity contribution in [2.75, 3.05) is 0 Å². The molecule has 0 fully saturated rings. The number of rotatable bonds is 6. The summed E-state index contributed by atoms with van der Waals surface area (Å²) in [6, 6.07) is 20.6. The van der Waals surface area contributed by atoms with Crippen LogP contribution in [0.25, 0.3) is 35.5 Å². The van der Waals surface area contributed by atoms with Gasteiger partial charge in [0.2, 0.25) is 0 Å². The van der Waals surface area contributed by atoms with Gasteiger partial charge in [0.15, 0.2) is 0 Å². The highest BCUT2D eigenvalue weighted by atomic mass is 32.1. The van der Waals surface area contributed by atoms with Crippen molar-refractivity contribution < 1.29 is 0 Å². The third-order valence-corrected chi connectivity index (χ3v) is 7.90. The zero-order valence-corrected chi connectivity index (χ0v) is 18.9. The Bertz CT molecular complexity index is 1200. The predicted molar refractivity (Wildman–Crippen MR) is 133 cm³/mol. The van der Waals surface area contributed by atoms with Gasteiger partial charge < -0.3 is 0 Å². The Labute approximate surface area is 191 Å². The van der Waals surface area contributed by atoms with Crippen molar-refractivity contribution in [3.05, 3.63) is 88.6 Å². The second-order valence-corrected chi connectivity index (χ2v) is 10.3. The van der Waals surface area contributed by atoms with Gasteiger partial charge in [0.25, 0.3) is 0 Å². The van der Waals surface area contributed by atoms with Crippen molar-refractivity contribution >= 4 is 80.8 Å². The lowest BCUT2D eigenvalue weighted by Crippen LogP contribution is -1.72. The number of thiophene rings is 4. The molecule has 4 aromatic heterocycles. The Morgan fingerprint density at radius 2 is 1.07 bits per heavy atom. The molecule has 0 atom stereocenters. The molecule has 0 bridgehead atoms. The van der Waals surface area contributed by atoms with Crippen LogP contribution in [0.15, 0.2) is 59.3 Å². The second kappa shape index (κ2) is 9.67. The quantitative estimate of drug-likeness (QED) is 0.273. The average Bonchev–Trinajstić information content (AvgIpc) is 3.56. The van der Waals surface area contributed by atoms with E-state index in [9.17, 15) is 10.5 Å². The van der Waals surface area contributed by atoms with Gasteiger partial charge in [-0.3, -0.25) is 0 Å². The molecule has 0 amide bonds. The Kier molecular flexibility index (Phi) is 6.53. The summed E-state index contributed by atoms with van der Waals surface area (Å²) in [5, 5.41) is 22.8. The summed E-state index contributed by atoms with van der Waals surface area (Å²) in [6.07, 6.45) is 8.05. The fourth-order valence-electron chi connectivity index (χ4n) is 2.70. The van der Waals surface area contributed by atoms with E-state index in [0.717, 1.165) is 29.3 Å². The molecule has 0 unspecified atom stereocenters. The first-order valence-electron chi connectivity index (χ1n) is 8.94. The summed E-state index contributed by atoms with van der Waals surface area (Å²) in [5.41, 5.74) is 1.38. The molecule has 0 saturated heterocycles. The molecule has 0 aliphatic heterocycles. The van der Waals surface area contributed by atoms with Crippen LogP contribution in [0.1, 0.15) is 29.3 Å². The summed E-state index contributed by atoms with van der Waals surface area (Å²) in [5.74, 6) is 0. The third kappa shape index (κ3) is 4.94. The van der Waals surface area contributed by atoms with E-state index in [2.05, 4.69) is 36.4 Å². The van der Waals surface area contributed by atoms with Gasteiger partial charge in [-0.15, -0.1) is 45.3 Å². The van der Waals surface area contributed by atoms with Gasteiger partial charge in [-0.1, -0.05) is 12.1 Å². The van der Waals surface area contributed by atoms with E-state index in [1.54, 1.807) is 45.3 Å². The molecule has 0 spiro atoms. The minimum absolute atomic E-state index is 0.691. The van der Waals surface area contributed by atoms with Gasteiger partial charge in [-0.2, -0.15) is 10.5 Å². The van der Waals surface area contributed by atoms with Crippen molar-refractivity contribution in [3.63, 3.8) is 0 Å². The van der Waals surface area contributed by atoms with Crippen molar-refractivity contribution in [1.82, 2.24) is 0 Å². The SMILES string of the molecule is N#C/C(=C\c1ccc(/C=C/c2ccc(/C=C(\C#N)c3cccs3)s2)s1)c1cccs1. The number of hydrogen-bond donors (Lipinski definition) is 0. The van der Waals surface area contributed by atoms with Crippen LogP contribution in [-0.2, 0) is 0 Å². The summed E-state index contributed by atoms with van der Waals surface area (Å²) in [7, 11) is 0. The molecular formula is C24H14N2S4. The van der Waals surface area contributed by atoms with E-state index in [4.69, 9.17) is 0 Å². The first-order chi connectivity index (χ1) is 14.7. The molecule has 0 N–H and O–H groups in total. The first kappa shape index (κ1) is 20.3. The minimum atomic E-state index is 0.691. The van der Waals surface area contributed by atoms with E-state index < -0.39 is 0 Å². The monoisotopic (exact) mass is 458 g/mol. The van der Waals surface area contributed by atoms with Gasteiger partial charge in [0.1, 0.15) is 12.1 Å². The summed E-state index contributed by atoms with van der Waals surface area (Å²) >= 11 is 6.45. The van der Waals surface area contributed by atoms with Gasteiger partial charge in [-0.05, 0) is 71.5 Å². The lowest BCUT2D eigenvalue weighted by Gasteiger charge is -1.92. The molecule has 0 aliphatic carbocycles. The largest absolute Gasteiger partial charge is 0.192 e. The standard InChI is InChI=1S/C24H14N2S4/c25-15-17(23-3-1-11-27-23)13-21-9-7-19(29-21)5-6-20-8-10-22(30-20)14-18(16-26)24-4-2-12-28-24/h1-14H/b6-5+,17-13+,18-14+. The van der Waals surface area contributed by atoms with Gasteiger partial charge >= 0.3 is 0 Å². The van der Waals surface area contributed by atoms with Crippen LogP contribution >= 0.6 is 45.3 Å². The van der Waals surface area contributed by atoms with E-state index in [1.807, 2.05) is 59.3 Å². The molecule has 144 valence electrons. The Hall–Kier alpha value is -3.00. The van der Waals surface area contributed by atoms with E-state index in [-0.39, 0.29) is 0 Å². The molecule has 4 heterocycles. The molecule has 0 radical (unpaired) electrons. The minimum Gasteiger partial charge on any atom is -0.192 e. The maximum atomic E-state index is 9.42. The highest BCUT2D eigenvalue weighted by molar-refractivity contribution is 7.15. The van der Waals surface area contributed by atoms with E-state index in [1.165, 1.54) is 0 Å². The number of hydrogen-bond acceptors (Lipinski definition) is 6. The van der Waals surface area contributed by atoms with Crippen LogP contribution in [0.3, 0.4) is 0 Å². The number of nitriles is 2. The lowest BCUT2D eigenvalue weighted by molar-refractivity contribution is 1.54. The zero-order chi connectivity index (χ0) is 20.8. The number of nitrogens with zero attached hydrogens (tertiary/aromatic N) is 2. The Morgan fingerprint density at radius 1 is 0.633 bits per heavy atom. The van der Waals surface area contributed by atoms with Crippen molar-refractivity contribution in [2.24, 2.45) is 0 Å². The highest BCUT2D eigenvalue weighted by Gasteiger charge is 2.05. The van der Waals surface area contributed by atoms with Crippen LogP contribution in [0.4, 0.5) is 0 Å². The molecule has 0 aliphatic rings. The van der Waals surface area contributed by atoms with Crippen molar-refractivity contribution in [1.29, 1.82) is 10.5 Å². The molecule has 0 aromatic carbocycles. The van der Waals surface area contributed by atoms with Crippen LogP contribution in [0, 0.1) is 22.7 Å². The third-order valence-electron chi connectivity index (χ3n) is 4.09. The average molecular weight is 459 g/mol. The fraction of sp³-hybridized carbons (Fsp3) is 0. The van der Waals surface area contributed by atoms with Crippen LogP contribution in [-0.4, -0.2) is 0 Å². The first-order valence-corrected chi connectivity index (χ1v) is 12.3. The fourth-order valence-corrected chi connectivity index (χ4v) is 5.80. The van der Waals surface area contributed by atoms with Crippen LogP contribution in [0.5, 0.6) is 0 Å². The molecule has 6 heteroatoms. The van der Waals surface area contributed by atoms with E-state index >= 15 is 0 Å². The number of allylic oxidation sites excluding steroid dienone is 2. The topological polar surface area (TPSA) is 47.6 Å². The Balaban J connectivity index is 1.48. The normalized spacial score (nSPS) is 12.2. The summed E-state index contributed by atoms with van der Waals surface area (Å²) in [6.45, 7) is 0. The van der Waals surface area contributed by atoms with Gasteiger partial charge in [0.05, 0.1) is 11.1 Å². The van der Waals surface area contributed by atoms with Gasteiger partial charge in [0, 0.05) is 29.3 Å². The van der Waals surface area contributed by atoms with Crippen molar-refractivity contribution in [2.45, 2.75) is 0 Å². The van der Waals surface area contributed by atoms with E-state index in [0.29, 0.717) is 11.1 Å².